The highest BCUT2D eigenvalue weighted by Crippen LogP contribution is 2.39. The smallest absolute Gasteiger partial charge is 0.343 e. The SMILES string of the molecule is COC(=O)c1cc(OC)c2c(C(=O)OC(C)(C)C)c(-c3cc4cccnc4n3CC3CC3)nn2c1. The standard InChI is InChI=1S/C26H28N4O5/c1-26(2,3)35-25(32)20-21(28-30-14-17(24(31)34-5)12-19(33-4)22(20)30)18-11-16-7-6-10-27-23(16)29(18)13-15-8-9-15/h6-7,10-12,14-15H,8-9,13H2,1-5H3. The van der Waals surface area contributed by atoms with Crippen LogP contribution in [0, 0.1) is 5.92 Å². The Bertz CT molecular complexity index is 1460. The number of aromatic nitrogens is 4. The van der Waals surface area contributed by atoms with Gasteiger partial charge in [-0.25, -0.2) is 19.1 Å². The summed E-state index contributed by atoms with van der Waals surface area (Å²) in [5.41, 5.74) is 2.26. The summed E-state index contributed by atoms with van der Waals surface area (Å²) in [6.45, 7) is 6.23. The number of carbonyl (C=O) groups excluding carboxylic acids is 2. The van der Waals surface area contributed by atoms with Crippen molar-refractivity contribution in [1.82, 2.24) is 19.2 Å². The number of carbonyl (C=O) groups is 2. The highest BCUT2D eigenvalue weighted by Gasteiger charge is 2.32. The van der Waals surface area contributed by atoms with Gasteiger partial charge in [0.1, 0.15) is 33.8 Å². The molecule has 0 bridgehead atoms. The Labute approximate surface area is 202 Å². The summed E-state index contributed by atoms with van der Waals surface area (Å²) < 4.78 is 19.9. The van der Waals surface area contributed by atoms with Crippen molar-refractivity contribution in [3.05, 3.63) is 47.8 Å². The normalized spacial score (nSPS) is 13.9. The van der Waals surface area contributed by atoms with Crippen molar-refractivity contribution in [2.45, 2.75) is 45.8 Å². The summed E-state index contributed by atoms with van der Waals surface area (Å²) in [6, 6.07) is 7.42. The Kier molecular flexibility index (Phi) is 5.50. The van der Waals surface area contributed by atoms with E-state index in [2.05, 4.69) is 9.55 Å². The summed E-state index contributed by atoms with van der Waals surface area (Å²) in [5, 5.41) is 5.74. The van der Waals surface area contributed by atoms with Crippen molar-refractivity contribution >= 4 is 28.5 Å². The number of pyridine rings is 2. The number of methoxy groups -OCH3 is 2. The van der Waals surface area contributed by atoms with Crippen LogP contribution in [0.3, 0.4) is 0 Å². The first-order valence-electron chi connectivity index (χ1n) is 11.6. The molecule has 1 aliphatic rings. The topological polar surface area (TPSA) is 97.0 Å². The minimum atomic E-state index is -0.718. The Hall–Kier alpha value is -3.88. The molecule has 9 nitrogen and oxygen atoms in total. The van der Waals surface area contributed by atoms with Crippen LogP contribution in [0.5, 0.6) is 5.75 Å². The second-order valence-electron chi connectivity index (χ2n) is 9.81. The summed E-state index contributed by atoms with van der Waals surface area (Å²) in [4.78, 5) is 30.5. The molecule has 0 unspecified atom stereocenters. The average Bonchev–Trinajstić information content (AvgIpc) is 3.44. The summed E-state index contributed by atoms with van der Waals surface area (Å²) >= 11 is 0. The lowest BCUT2D eigenvalue weighted by molar-refractivity contribution is 0.00722. The van der Waals surface area contributed by atoms with Gasteiger partial charge in [-0.15, -0.1) is 0 Å². The van der Waals surface area contributed by atoms with E-state index in [1.165, 1.54) is 24.9 Å². The van der Waals surface area contributed by atoms with Crippen molar-refractivity contribution in [3.63, 3.8) is 0 Å². The predicted molar refractivity (Wildman–Crippen MR) is 130 cm³/mol. The Morgan fingerprint density at radius 1 is 1.14 bits per heavy atom. The fourth-order valence-electron chi connectivity index (χ4n) is 4.26. The van der Waals surface area contributed by atoms with Gasteiger partial charge in [-0.2, -0.15) is 5.10 Å². The molecule has 0 spiro atoms. The number of ether oxygens (including phenoxy) is 3. The first-order valence-corrected chi connectivity index (χ1v) is 11.6. The van der Waals surface area contributed by atoms with Crippen molar-refractivity contribution in [2.24, 2.45) is 5.92 Å². The zero-order valence-corrected chi connectivity index (χ0v) is 20.5. The maximum Gasteiger partial charge on any atom is 0.343 e. The van der Waals surface area contributed by atoms with Crippen molar-refractivity contribution < 1.29 is 23.8 Å². The average molecular weight is 477 g/mol. The van der Waals surface area contributed by atoms with Crippen molar-refractivity contribution in [2.75, 3.05) is 14.2 Å². The van der Waals surface area contributed by atoms with Crippen LogP contribution in [-0.4, -0.2) is 50.9 Å². The first kappa shape index (κ1) is 22.9. The highest BCUT2D eigenvalue weighted by molar-refractivity contribution is 6.06. The van der Waals surface area contributed by atoms with Crippen LogP contribution in [0.2, 0.25) is 0 Å². The molecule has 4 aromatic rings. The second kappa shape index (κ2) is 8.41. The van der Waals surface area contributed by atoms with Gasteiger partial charge in [0.15, 0.2) is 0 Å². The largest absolute Gasteiger partial charge is 0.494 e. The summed E-state index contributed by atoms with van der Waals surface area (Å²) in [5.74, 6) is -0.180. The van der Waals surface area contributed by atoms with E-state index in [-0.39, 0.29) is 11.1 Å². The van der Waals surface area contributed by atoms with Gasteiger partial charge in [0.05, 0.1) is 25.5 Å². The van der Waals surface area contributed by atoms with E-state index in [9.17, 15) is 9.59 Å². The predicted octanol–water partition coefficient (Wildman–Crippen LogP) is 4.51. The molecule has 1 aliphatic carbocycles. The quantitative estimate of drug-likeness (QED) is 0.378. The zero-order chi connectivity index (χ0) is 24.9. The summed E-state index contributed by atoms with van der Waals surface area (Å²) in [7, 11) is 2.79. The molecule has 0 amide bonds. The number of hydrogen-bond acceptors (Lipinski definition) is 7. The molecule has 0 radical (unpaired) electrons. The second-order valence-corrected chi connectivity index (χ2v) is 9.81. The van der Waals surface area contributed by atoms with Crippen LogP contribution < -0.4 is 4.74 Å². The van der Waals surface area contributed by atoms with Gasteiger partial charge in [0.25, 0.3) is 0 Å². The molecule has 5 rings (SSSR count). The zero-order valence-electron chi connectivity index (χ0n) is 20.5. The van der Waals surface area contributed by atoms with E-state index in [1.807, 2.05) is 39.0 Å². The third-order valence-electron chi connectivity index (χ3n) is 5.97. The molecule has 9 heteroatoms. The molecular weight excluding hydrogens is 448 g/mol. The maximum atomic E-state index is 13.6. The number of rotatable bonds is 6. The maximum absolute atomic E-state index is 13.6. The molecule has 0 saturated heterocycles. The van der Waals surface area contributed by atoms with Crippen LogP contribution in [0.1, 0.15) is 54.3 Å². The van der Waals surface area contributed by atoms with E-state index in [0.717, 1.165) is 36.1 Å². The molecule has 182 valence electrons. The van der Waals surface area contributed by atoms with Crippen LogP contribution in [0.25, 0.3) is 27.9 Å². The van der Waals surface area contributed by atoms with Crippen LogP contribution in [-0.2, 0) is 16.0 Å². The summed E-state index contributed by atoms with van der Waals surface area (Å²) in [6.07, 6.45) is 5.62. The van der Waals surface area contributed by atoms with Gasteiger partial charge >= 0.3 is 11.9 Å². The fourth-order valence-corrected chi connectivity index (χ4v) is 4.26. The molecule has 0 aromatic carbocycles. The Morgan fingerprint density at radius 2 is 1.91 bits per heavy atom. The fraction of sp³-hybridized carbons (Fsp3) is 0.385. The molecule has 4 aromatic heterocycles. The van der Waals surface area contributed by atoms with E-state index < -0.39 is 17.5 Å². The first-order chi connectivity index (χ1) is 16.7. The van der Waals surface area contributed by atoms with Crippen molar-refractivity contribution in [3.8, 4) is 17.1 Å². The minimum absolute atomic E-state index is 0.252. The Morgan fingerprint density at radius 3 is 2.57 bits per heavy atom. The van der Waals surface area contributed by atoms with Gasteiger partial charge < -0.3 is 18.8 Å². The van der Waals surface area contributed by atoms with Gasteiger partial charge in [-0.05, 0) is 63.8 Å². The Balaban J connectivity index is 1.81. The molecule has 0 aliphatic heterocycles. The number of nitrogens with zero attached hydrogens (tertiary/aromatic N) is 4. The molecule has 0 atom stereocenters. The van der Waals surface area contributed by atoms with Gasteiger partial charge in [-0.3, -0.25) is 0 Å². The minimum Gasteiger partial charge on any atom is -0.494 e. The molecule has 4 heterocycles. The van der Waals surface area contributed by atoms with Crippen LogP contribution in [0.15, 0.2) is 36.7 Å². The molecular formula is C26H28N4O5. The molecule has 0 N–H and O–H groups in total. The number of esters is 2. The van der Waals surface area contributed by atoms with Gasteiger partial charge in [-0.1, -0.05) is 0 Å². The highest BCUT2D eigenvalue weighted by atomic mass is 16.6. The third kappa shape index (κ3) is 4.22. The van der Waals surface area contributed by atoms with E-state index in [0.29, 0.717) is 22.9 Å². The lowest BCUT2D eigenvalue weighted by Gasteiger charge is -2.20. The monoisotopic (exact) mass is 476 g/mol. The van der Waals surface area contributed by atoms with E-state index in [4.69, 9.17) is 19.3 Å². The molecule has 1 saturated carbocycles. The lowest BCUT2D eigenvalue weighted by atomic mass is 10.1. The molecule has 35 heavy (non-hydrogen) atoms. The van der Waals surface area contributed by atoms with Gasteiger partial charge in [0, 0.05) is 24.3 Å². The number of hydrogen-bond donors (Lipinski definition) is 0. The van der Waals surface area contributed by atoms with E-state index in [1.54, 1.807) is 12.3 Å². The lowest BCUT2D eigenvalue weighted by Crippen LogP contribution is -2.24. The van der Waals surface area contributed by atoms with Crippen LogP contribution in [0.4, 0.5) is 0 Å². The van der Waals surface area contributed by atoms with Crippen LogP contribution >= 0.6 is 0 Å². The number of fused-ring (bicyclic) bond motifs is 2. The third-order valence-corrected chi connectivity index (χ3v) is 5.97. The van der Waals surface area contributed by atoms with E-state index >= 15 is 0 Å². The van der Waals surface area contributed by atoms with Gasteiger partial charge in [0.2, 0.25) is 0 Å². The molecule has 1 fully saturated rings. The van der Waals surface area contributed by atoms with Crippen molar-refractivity contribution in [1.29, 1.82) is 0 Å².